The molecule has 0 aliphatic heterocycles. The number of amides is 1. The molecule has 1 amide bonds. The van der Waals surface area contributed by atoms with E-state index in [4.69, 9.17) is 10.5 Å². The van der Waals surface area contributed by atoms with Crippen LogP contribution in [0.15, 0.2) is 0 Å². The standard InChI is InChI=1S/C15H30N2O2/c1-4-5-9-17-14(18)13(3)19-15(11-16)8-6-7-12(2)10-15/h12-13H,4-11,16H2,1-3H3,(H,17,18). The van der Waals surface area contributed by atoms with Gasteiger partial charge in [0.2, 0.25) is 5.91 Å². The van der Waals surface area contributed by atoms with Gasteiger partial charge in [-0.05, 0) is 32.1 Å². The first-order chi connectivity index (χ1) is 9.03. The van der Waals surface area contributed by atoms with Crippen molar-refractivity contribution >= 4 is 5.91 Å². The van der Waals surface area contributed by atoms with Crippen LogP contribution in [0.1, 0.15) is 59.3 Å². The monoisotopic (exact) mass is 270 g/mol. The van der Waals surface area contributed by atoms with Crippen molar-refractivity contribution in [3.63, 3.8) is 0 Å². The predicted octanol–water partition coefficient (Wildman–Crippen LogP) is 2.22. The van der Waals surface area contributed by atoms with Gasteiger partial charge in [0, 0.05) is 13.1 Å². The Hall–Kier alpha value is -0.610. The first kappa shape index (κ1) is 16.4. The molecular formula is C15H30N2O2. The van der Waals surface area contributed by atoms with Crippen molar-refractivity contribution in [3.8, 4) is 0 Å². The molecule has 0 aromatic heterocycles. The summed E-state index contributed by atoms with van der Waals surface area (Å²) in [5.41, 5.74) is 5.62. The molecule has 1 aliphatic carbocycles. The molecule has 0 radical (unpaired) electrons. The van der Waals surface area contributed by atoms with Crippen LogP contribution in [0.25, 0.3) is 0 Å². The summed E-state index contributed by atoms with van der Waals surface area (Å²) in [6.45, 7) is 7.41. The van der Waals surface area contributed by atoms with Gasteiger partial charge in [0.05, 0.1) is 5.60 Å². The van der Waals surface area contributed by atoms with E-state index in [1.165, 1.54) is 6.42 Å². The van der Waals surface area contributed by atoms with Gasteiger partial charge in [-0.1, -0.05) is 33.1 Å². The van der Waals surface area contributed by atoms with Crippen molar-refractivity contribution in [1.29, 1.82) is 0 Å². The van der Waals surface area contributed by atoms with E-state index in [-0.39, 0.29) is 11.5 Å². The molecule has 1 rings (SSSR count). The number of ether oxygens (including phenoxy) is 1. The fourth-order valence-corrected chi connectivity index (χ4v) is 2.91. The summed E-state index contributed by atoms with van der Waals surface area (Å²) in [6.07, 6.45) is 6.00. The summed E-state index contributed by atoms with van der Waals surface area (Å²) in [7, 11) is 0. The number of unbranched alkanes of at least 4 members (excludes halogenated alkanes) is 1. The SMILES string of the molecule is CCCCNC(=O)C(C)OC1(CN)CCCC(C)C1. The lowest BCUT2D eigenvalue weighted by Crippen LogP contribution is -2.49. The minimum Gasteiger partial charge on any atom is -0.361 e. The van der Waals surface area contributed by atoms with Crippen LogP contribution in [0.2, 0.25) is 0 Å². The minimum absolute atomic E-state index is 0.0144. The van der Waals surface area contributed by atoms with E-state index in [0.29, 0.717) is 12.5 Å². The smallest absolute Gasteiger partial charge is 0.248 e. The number of nitrogens with two attached hydrogens (primary N) is 1. The summed E-state index contributed by atoms with van der Waals surface area (Å²) in [6, 6.07) is 0. The number of rotatable bonds is 7. The summed E-state index contributed by atoms with van der Waals surface area (Å²) in [5.74, 6) is 0.618. The molecule has 4 nitrogen and oxygen atoms in total. The van der Waals surface area contributed by atoms with Gasteiger partial charge in [-0.25, -0.2) is 0 Å². The zero-order valence-electron chi connectivity index (χ0n) is 12.7. The van der Waals surface area contributed by atoms with Gasteiger partial charge < -0.3 is 15.8 Å². The molecule has 0 heterocycles. The first-order valence-corrected chi connectivity index (χ1v) is 7.68. The van der Waals surface area contributed by atoms with E-state index in [0.717, 1.165) is 38.6 Å². The highest BCUT2D eigenvalue weighted by Crippen LogP contribution is 2.35. The van der Waals surface area contributed by atoms with Crippen LogP contribution in [0.5, 0.6) is 0 Å². The van der Waals surface area contributed by atoms with Gasteiger partial charge >= 0.3 is 0 Å². The zero-order chi connectivity index (χ0) is 14.3. The molecule has 1 aliphatic rings. The number of carbonyl (C=O) groups is 1. The number of carbonyl (C=O) groups excluding carboxylic acids is 1. The van der Waals surface area contributed by atoms with Crippen molar-refractivity contribution < 1.29 is 9.53 Å². The maximum atomic E-state index is 12.0. The van der Waals surface area contributed by atoms with Crippen LogP contribution in [0.3, 0.4) is 0 Å². The van der Waals surface area contributed by atoms with E-state index in [9.17, 15) is 4.79 Å². The van der Waals surface area contributed by atoms with E-state index >= 15 is 0 Å². The normalized spacial score (nSPS) is 28.9. The van der Waals surface area contributed by atoms with Crippen molar-refractivity contribution in [2.75, 3.05) is 13.1 Å². The minimum atomic E-state index is -0.411. The Kier molecular flexibility index (Phi) is 6.80. The fourth-order valence-electron chi connectivity index (χ4n) is 2.91. The molecule has 0 saturated heterocycles. The van der Waals surface area contributed by atoms with Gasteiger partial charge in [-0.2, -0.15) is 0 Å². The Morgan fingerprint density at radius 1 is 1.58 bits per heavy atom. The highest BCUT2D eigenvalue weighted by atomic mass is 16.5. The molecule has 0 spiro atoms. The Morgan fingerprint density at radius 3 is 2.89 bits per heavy atom. The van der Waals surface area contributed by atoms with Crippen molar-refractivity contribution in [1.82, 2.24) is 5.32 Å². The molecule has 112 valence electrons. The van der Waals surface area contributed by atoms with Crippen LogP contribution in [-0.4, -0.2) is 30.7 Å². The molecule has 3 N–H and O–H groups in total. The molecule has 4 heteroatoms. The summed E-state index contributed by atoms with van der Waals surface area (Å²) in [5, 5.41) is 2.92. The first-order valence-electron chi connectivity index (χ1n) is 7.68. The third-order valence-corrected chi connectivity index (χ3v) is 4.05. The number of hydrogen-bond acceptors (Lipinski definition) is 3. The van der Waals surface area contributed by atoms with E-state index < -0.39 is 6.10 Å². The van der Waals surface area contributed by atoms with Crippen LogP contribution in [0, 0.1) is 5.92 Å². The van der Waals surface area contributed by atoms with Gasteiger partial charge in [0.15, 0.2) is 0 Å². The van der Waals surface area contributed by atoms with Crippen LogP contribution in [0.4, 0.5) is 0 Å². The topological polar surface area (TPSA) is 64.3 Å². The number of hydrogen-bond donors (Lipinski definition) is 2. The van der Waals surface area contributed by atoms with Crippen molar-refractivity contribution in [2.45, 2.75) is 71.0 Å². The fraction of sp³-hybridized carbons (Fsp3) is 0.933. The molecule has 0 bridgehead atoms. The summed E-state index contributed by atoms with van der Waals surface area (Å²) in [4.78, 5) is 12.0. The van der Waals surface area contributed by atoms with Crippen LogP contribution in [-0.2, 0) is 9.53 Å². The summed E-state index contributed by atoms with van der Waals surface area (Å²) < 4.78 is 6.05. The lowest BCUT2D eigenvalue weighted by Gasteiger charge is -2.40. The van der Waals surface area contributed by atoms with E-state index in [1.54, 1.807) is 0 Å². The molecule has 1 saturated carbocycles. The molecule has 19 heavy (non-hydrogen) atoms. The zero-order valence-corrected chi connectivity index (χ0v) is 12.7. The average Bonchev–Trinajstić information content (AvgIpc) is 2.38. The molecule has 1 fully saturated rings. The van der Waals surface area contributed by atoms with Gasteiger partial charge in [-0.3, -0.25) is 4.79 Å². The molecular weight excluding hydrogens is 240 g/mol. The Bertz CT molecular complexity index is 283. The van der Waals surface area contributed by atoms with Gasteiger partial charge in [0.1, 0.15) is 6.10 Å². The maximum absolute atomic E-state index is 12.0. The quantitative estimate of drug-likeness (QED) is 0.697. The molecule has 3 unspecified atom stereocenters. The Balaban J connectivity index is 2.47. The van der Waals surface area contributed by atoms with Gasteiger partial charge in [0.25, 0.3) is 0 Å². The highest BCUT2D eigenvalue weighted by molar-refractivity contribution is 5.80. The van der Waals surface area contributed by atoms with Gasteiger partial charge in [-0.15, -0.1) is 0 Å². The maximum Gasteiger partial charge on any atom is 0.248 e. The second-order valence-electron chi connectivity index (χ2n) is 5.99. The molecule has 0 aromatic carbocycles. The second kappa shape index (κ2) is 7.85. The number of nitrogens with one attached hydrogen (secondary N) is 1. The lowest BCUT2D eigenvalue weighted by molar-refractivity contribution is -0.151. The van der Waals surface area contributed by atoms with Crippen LogP contribution >= 0.6 is 0 Å². The lowest BCUT2D eigenvalue weighted by atomic mass is 9.78. The van der Waals surface area contributed by atoms with E-state index in [2.05, 4.69) is 19.2 Å². The average molecular weight is 270 g/mol. The van der Waals surface area contributed by atoms with Crippen LogP contribution < -0.4 is 11.1 Å². The third-order valence-electron chi connectivity index (χ3n) is 4.05. The Morgan fingerprint density at radius 2 is 2.32 bits per heavy atom. The Labute approximate surface area is 117 Å². The molecule has 0 aromatic rings. The largest absolute Gasteiger partial charge is 0.361 e. The molecule has 3 atom stereocenters. The van der Waals surface area contributed by atoms with Crippen molar-refractivity contribution in [3.05, 3.63) is 0 Å². The second-order valence-corrected chi connectivity index (χ2v) is 5.99. The summed E-state index contributed by atoms with van der Waals surface area (Å²) >= 11 is 0. The highest BCUT2D eigenvalue weighted by Gasteiger charge is 2.37. The van der Waals surface area contributed by atoms with Crippen molar-refractivity contribution in [2.24, 2.45) is 11.7 Å². The predicted molar refractivity (Wildman–Crippen MR) is 77.9 cm³/mol. The van der Waals surface area contributed by atoms with E-state index in [1.807, 2.05) is 6.92 Å². The third kappa shape index (κ3) is 5.11.